The molecule has 0 aromatic rings. The van der Waals surface area contributed by atoms with Crippen molar-refractivity contribution in [3.63, 3.8) is 0 Å². The highest BCUT2D eigenvalue weighted by atomic mass is 16.5. The van der Waals surface area contributed by atoms with Gasteiger partial charge in [-0.05, 0) is 12.8 Å². The second-order valence-corrected chi connectivity index (χ2v) is 3.79. The summed E-state index contributed by atoms with van der Waals surface area (Å²) in [5.41, 5.74) is 5.75. The van der Waals surface area contributed by atoms with Gasteiger partial charge in [-0.2, -0.15) is 0 Å². The molecule has 0 radical (unpaired) electrons. The van der Waals surface area contributed by atoms with Gasteiger partial charge in [-0.15, -0.1) is 0 Å². The van der Waals surface area contributed by atoms with Crippen LogP contribution in [0.1, 0.15) is 19.8 Å². The molecule has 1 aliphatic heterocycles. The first-order valence-electron chi connectivity index (χ1n) is 5.60. The number of rotatable bonds is 4. The Morgan fingerprint density at radius 1 is 1.53 bits per heavy atom. The molecule has 0 bridgehead atoms. The van der Waals surface area contributed by atoms with Crippen LogP contribution in [0.25, 0.3) is 0 Å². The Hall–Kier alpha value is -0.810. The minimum Gasteiger partial charge on any atom is -0.378 e. The zero-order valence-electron chi connectivity index (χ0n) is 9.37. The fourth-order valence-corrected chi connectivity index (χ4v) is 1.45. The van der Waals surface area contributed by atoms with Gasteiger partial charge in [0.2, 0.25) is 0 Å². The number of carbonyl (C=O) groups excluding carboxylic acids is 1. The highest BCUT2D eigenvalue weighted by Gasteiger charge is 2.15. The van der Waals surface area contributed by atoms with Gasteiger partial charge in [0.05, 0.1) is 13.2 Å². The summed E-state index contributed by atoms with van der Waals surface area (Å²) in [7, 11) is 0. The second-order valence-electron chi connectivity index (χ2n) is 3.79. The van der Waals surface area contributed by atoms with E-state index in [1.165, 1.54) is 0 Å². The Balaban J connectivity index is 2.12. The molecule has 1 aliphatic rings. The third-order valence-corrected chi connectivity index (χ3v) is 2.61. The Kier molecular flexibility index (Phi) is 5.42. The van der Waals surface area contributed by atoms with Gasteiger partial charge in [-0.1, -0.05) is 6.92 Å². The third-order valence-electron chi connectivity index (χ3n) is 2.61. The number of nitrogens with two attached hydrogens (primary N) is 1. The van der Waals surface area contributed by atoms with Crippen molar-refractivity contribution in [3.05, 3.63) is 0 Å². The molecule has 88 valence electrons. The third kappa shape index (κ3) is 4.48. The summed E-state index contributed by atoms with van der Waals surface area (Å²) in [4.78, 5) is 13.4. The van der Waals surface area contributed by atoms with E-state index >= 15 is 0 Å². The van der Waals surface area contributed by atoms with Crippen LogP contribution in [-0.2, 0) is 4.74 Å². The molecule has 1 atom stereocenters. The summed E-state index contributed by atoms with van der Waals surface area (Å²) in [6.07, 6.45) is 1.79. The molecular weight excluding hydrogens is 194 g/mol. The van der Waals surface area contributed by atoms with Crippen LogP contribution in [0.4, 0.5) is 4.79 Å². The van der Waals surface area contributed by atoms with Crippen molar-refractivity contribution < 1.29 is 9.53 Å². The lowest BCUT2D eigenvalue weighted by Gasteiger charge is -2.27. The molecule has 0 spiro atoms. The van der Waals surface area contributed by atoms with Gasteiger partial charge < -0.3 is 20.7 Å². The minimum absolute atomic E-state index is 0.00148. The van der Waals surface area contributed by atoms with Crippen molar-refractivity contribution in [2.45, 2.75) is 25.8 Å². The van der Waals surface area contributed by atoms with E-state index in [-0.39, 0.29) is 12.1 Å². The van der Waals surface area contributed by atoms with Gasteiger partial charge in [-0.3, -0.25) is 0 Å². The second kappa shape index (κ2) is 6.63. The molecule has 0 aliphatic carbocycles. The average Bonchev–Trinajstić information content (AvgIpc) is 2.29. The molecule has 1 rings (SSSR count). The molecule has 1 saturated heterocycles. The molecule has 5 nitrogen and oxygen atoms in total. The number of amides is 2. The number of hydrogen-bond donors (Lipinski definition) is 2. The Morgan fingerprint density at radius 2 is 2.20 bits per heavy atom. The van der Waals surface area contributed by atoms with Gasteiger partial charge in [0.15, 0.2) is 0 Å². The fourth-order valence-electron chi connectivity index (χ4n) is 1.45. The van der Waals surface area contributed by atoms with Crippen molar-refractivity contribution >= 4 is 6.03 Å². The van der Waals surface area contributed by atoms with Crippen molar-refractivity contribution in [3.8, 4) is 0 Å². The molecular formula is C10H21N3O2. The number of nitrogens with zero attached hydrogens (tertiary/aromatic N) is 1. The SMILES string of the molecule is CCC(N)CCNC(=O)N1CCOCC1. The zero-order valence-corrected chi connectivity index (χ0v) is 9.37. The number of carbonyl (C=O) groups is 1. The molecule has 5 heteroatoms. The highest BCUT2D eigenvalue weighted by molar-refractivity contribution is 5.74. The molecule has 0 aromatic heterocycles. The van der Waals surface area contributed by atoms with E-state index in [0.717, 1.165) is 12.8 Å². The van der Waals surface area contributed by atoms with Crippen LogP contribution in [0.15, 0.2) is 0 Å². The predicted molar refractivity (Wildman–Crippen MR) is 58.7 cm³/mol. The lowest BCUT2D eigenvalue weighted by molar-refractivity contribution is 0.0532. The summed E-state index contributed by atoms with van der Waals surface area (Å²) >= 11 is 0. The number of morpholine rings is 1. The maximum atomic E-state index is 11.6. The van der Waals surface area contributed by atoms with Crippen molar-refractivity contribution in [1.82, 2.24) is 10.2 Å². The smallest absolute Gasteiger partial charge is 0.317 e. The molecule has 3 N–H and O–H groups in total. The van der Waals surface area contributed by atoms with E-state index < -0.39 is 0 Å². The van der Waals surface area contributed by atoms with Crippen LogP contribution >= 0.6 is 0 Å². The summed E-state index contributed by atoms with van der Waals surface area (Å²) in [6.45, 7) is 5.36. The quantitative estimate of drug-likeness (QED) is 0.701. The lowest BCUT2D eigenvalue weighted by atomic mass is 10.2. The first-order chi connectivity index (χ1) is 7.24. The number of nitrogens with one attached hydrogen (secondary N) is 1. The van der Waals surface area contributed by atoms with Crippen LogP contribution in [0.3, 0.4) is 0 Å². The Labute approximate surface area is 90.9 Å². The van der Waals surface area contributed by atoms with Gasteiger partial charge in [0, 0.05) is 25.7 Å². The first-order valence-corrected chi connectivity index (χ1v) is 5.60. The summed E-state index contributed by atoms with van der Waals surface area (Å²) in [5.74, 6) is 0. The lowest BCUT2D eigenvalue weighted by Crippen LogP contribution is -2.46. The van der Waals surface area contributed by atoms with E-state index in [1.54, 1.807) is 4.90 Å². The molecule has 0 aromatic carbocycles. The summed E-state index contributed by atoms with van der Waals surface area (Å²) in [5, 5.41) is 2.87. The molecule has 1 heterocycles. The predicted octanol–water partition coefficient (Wildman–Crippen LogP) is 0.156. The average molecular weight is 215 g/mol. The molecule has 15 heavy (non-hydrogen) atoms. The topological polar surface area (TPSA) is 67.6 Å². The molecule has 2 amide bonds. The standard InChI is InChI=1S/C10H21N3O2/c1-2-9(11)3-4-12-10(14)13-5-7-15-8-6-13/h9H,2-8,11H2,1H3,(H,12,14). The molecule has 1 fully saturated rings. The summed E-state index contributed by atoms with van der Waals surface area (Å²) in [6, 6.07) is 0.191. The van der Waals surface area contributed by atoms with Crippen LogP contribution < -0.4 is 11.1 Å². The van der Waals surface area contributed by atoms with E-state index in [1.807, 2.05) is 0 Å². The minimum atomic E-state index is 0.00148. The van der Waals surface area contributed by atoms with Crippen molar-refractivity contribution in [2.24, 2.45) is 5.73 Å². The largest absolute Gasteiger partial charge is 0.378 e. The van der Waals surface area contributed by atoms with Crippen LogP contribution in [0.2, 0.25) is 0 Å². The number of urea groups is 1. The van der Waals surface area contributed by atoms with Gasteiger partial charge in [-0.25, -0.2) is 4.79 Å². The molecule has 1 unspecified atom stereocenters. The maximum absolute atomic E-state index is 11.6. The Morgan fingerprint density at radius 3 is 2.80 bits per heavy atom. The van der Waals surface area contributed by atoms with Crippen LogP contribution in [-0.4, -0.2) is 49.8 Å². The van der Waals surface area contributed by atoms with Crippen LogP contribution in [0.5, 0.6) is 0 Å². The summed E-state index contributed by atoms with van der Waals surface area (Å²) < 4.78 is 5.17. The van der Waals surface area contributed by atoms with Crippen molar-refractivity contribution in [2.75, 3.05) is 32.8 Å². The first kappa shape index (κ1) is 12.3. The van der Waals surface area contributed by atoms with Crippen LogP contribution in [0, 0.1) is 0 Å². The Bertz CT molecular complexity index is 193. The van der Waals surface area contributed by atoms with Gasteiger partial charge in [0.25, 0.3) is 0 Å². The van der Waals surface area contributed by atoms with E-state index in [4.69, 9.17) is 10.5 Å². The fraction of sp³-hybridized carbons (Fsp3) is 0.900. The molecule has 0 saturated carbocycles. The number of ether oxygens (including phenoxy) is 1. The van der Waals surface area contributed by atoms with E-state index in [9.17, 15) is 4.79 Å². The van der Waals surface area contributed by atoms with Crippen molar-refractivity contribution in [1.29, 1.82) is 0 Å². The van der Waals surface area contributed by atoms with E-state index in [2.05, 4.69) is 12.2 Å². The zero-order chi connectivity index (χ0) is 11.1. The maximum Gasteiger partial charge on any atom is 0.317 e. The monoisotopic (exact) mass is 215 g/mol. The van der Waals surface area contributed by atoms with Gasteiger partial charge in [0.1, 0.15) is 0 Å². The van der Waals surface area contributed by atoms with E-state index in [0.29, 0.717) is 32.8 Å². The normalized spacial score (nSPS) is 18.7. The highest BCUT2D eigenvalue weighted by Crippen LogP contribution is 1.97. The van der Waals surface area contributed by atoms with Gasteiger partial charge >= 0.3 is 6.03 Å². The number of hydrogen-bond acceptors (Lipinski definition) is 3.